The maximum Gasteiger partial charge on any atom is 0.416 e. The van der Waals surface area contributed by atoms with Crippen LogP contribution in [0.25, 0.3) is 0 Å². The van der Waals surface area contributed by atoms with Crippen LogP contribution in [0.15, 0.2) is 42.5 Å². The summed E-state index contributed by atoms with van der Waals surface area (Å²) in [6.45, 7) is 0. The molecular formula is C14H10F5N. The predicted molar refractivity (Wildman–Crippen MR) is 63.8 cm³/mol. The molecule has 106 valence electrons. The summed E-state index contributed by atoms with van der Waals surface area (Å²) in [4.78, 5) is 0. The fourth-order valence-electron chi connectivity index (χ4n) is 1.85. The van der Waals surface area contributed by atoms with Crippen molar-refractivity contribution in [3.8, 4) is 0 Å². The zero-order valence-electron chi connectivity index (χ0n) is 10.1. The Morgan fingerprint density at radius 1 is 0.850 bits per heavy atom. The SMILES string of the molecule is NC(c1ccc(C(F)(F)F)cc1)c1c(F)cccc1F. The summed E-state index contributed by atoms with van der Waals surface area (Å²) in [7, 11) is 0. The number of nitrogens with two attached hydrogens (primary N) is 1. The lowest BCUT2D eigenvalue weighted by Crippen LogP contribution is -2.16. The fourth-order valence-corrected chi connectivity index (χ4v) is 1.85. The molecule has 0 saturated carbocycles. The van der Waals surface area contributed by atoms with Gasteiger partial charge in [0, 0.05) is 5.56 Å². The largest absolute Gasteiger partial charge is 0.416 e. The Bertz CT molecular complexity index is 584. The minimum absolute atomic E-state index is 0.196. The van der Waals surface area contributed by atoms with Crippen molar-refractivity contribution in [3.05, 3.63) is 70.8 Å². The Labute approximate surface area is 111 Å². The Kier molecular flexibility index (Phi) is 3.76. The standard InChI is InChI=1S/C14H10F5N/c15-10-2-1-3-11(16)12(10)13(20)8-4-6-9(7-5-8)14(17,18)19/h1-7,13H,20H2. The van der Waals surface area contributed by atoms with E-state index in [4.69, 9.17) is 5.73 Å². The van der Waals surface area contributed by atoms with Crippen LogP contribution in [0.5, 0.6) is 0 Å². The topological polar surface area (TPSA) is 26.0 Å². The van der Waals surface area contributed by atoms with E-state index in [-0.39, 0.29) is 11.1 Å². The summed E-state index contributed by atoms with van der Waals surface area (Å²) < 4.78 is 64.4. The molecule has 1 unspecified atom stereocenters. The summed E-state index contributed by atoms with van der Waals surface area (Å²) in [6, 6.07) is 5.98. The number of halogens is 5. The molecule has 0 heterocycles. The first-order valence-electron chi connectivity index (χ1n) is 5.67. The van der Waals surface area contributed by atoms with Crippen molar-refractivity contribution in [2.24, 2.45) is 5.73 Å². The molecule has 2 rings (SSSR count). The third-order valence-electron chi connectivity index (χ3n) is 2.91. The van der Waals surface area contributed by atoms with E-state index in [1.165, 1.54) is 6.07 Å². The quantitative estimate of drug-likeness (QED) is 0.829. The van der Waals surface area contributed by atoms with Crippen molar-refractivity contribution in [1.82, 2.24) is 0 Å². The van der Waals surface area contributed by atoms with Gasteiger partial charge in [-0.15, -0.1) is 0 Å². The van der Waals surface area contributed by atoms with Gasteiger partial charge >= 0.3 is 6.18 Å². The van der Waals surface area contributed by atoms with Gasteiger partial charge in [0.2, 0.25) is 0 Å². The van der Waals surface area contributed by atoms with Gasteiger partial charge in [0.05, 0.1) is 11.6 Å². The number of alkyl halides is 3. The van der Waals surface area contributed by atoms with Gasteiger partial charge in [-0.2, -0.15) is 13.2 Å². The van der Waals surface area contributed by atoms with Crippen LogP contribution in [0.4, 0.5) is 22.0 Å². The van der Waals surface area contributed by atoms with E-state index in [0.717, 1.165) is 36.4 Å². The lowest BCUT2D eigenvalue weighted by molar-refractivity contribution is -0.137. The molecule has 0 aromatic heterocycles. The summed E-state index contributed by atoms with van der Waals surface area (Å²) in [5.74, 6) is -1.67. The van der Waals surface area contributed by atoms with Crippen LogP contribution in [0.1, 0.15) is 22.7 Å². The monoisotopic (exact) mass is 287 g/mol. The fraction of sp³-hybridized carbons (Fsp3) is 0.143. The number of benzene rings is 2. The zero-order chi connectivity index (χ0) is 14.9. The molecular weight excluding hydrogens is 277 g/mol. The molecule has 20 heavy (non-hydrogen) atoms. The highest BCUT2D eigenvalue weighted by Crippen LogP contribution is 2.31. The summed E-state index contributed by atoms with van der Waals surface area (Å²) in [5.41, 5.74) is 4.70. The lowest BCUT2D eigenvalue weighted by atomic mass is 9.97. The third-order valence-corrected chi connectivity index (χ3v) is 2.91. The molecule has 0 aliphatic heterocycles. The van der Waals surface area contributed by atoms with Crippen LogP contribution in [-0.2, 0) is 6.18 Å². The molecule has 0 aliphatic carbocycles. The van der Waals surface area contributed by atoms with E-state index in [1.54, 1.807) is 0 Å². The minimum Gasteiger partial charge on any atom is -0.320 e. The van der Waals surface area contributed by atoms with E-state index in [0.29, 0.717) is 0 Å². The molecule has 2 aromatic carbocycles. The second-order valence-electron chi connectivity index (χ2n) is 4.23. The van der Waals surface area contributed by atoms with Gasteiger partial charge in [-0.3, -0.25) is 0 Å². The van der Waals surface area contributed by atoms with Crippen molar-refractivity contribution in [1.29, 1.82) is 0 Å². The minimum atomic E-state index is -4.47. The maximum absolute atomic E-state index is 13.6. The van der Waals surface area contributed by atoms with Gasteiger partial charge in [0.25, 0.3) is 0 Å². The van der Waals surface area contributed by atoms with E-state index in [9.17, 15) is 22.0 Å². The zero-order valence-corrected chi connectivity index (χ0v) is 10.1. The highest BCUT2D eigenvalue weighted by molar-refractivity contribution is 5.35. The normalized spacial score (nSPS) is 13.3. The molecule has 0 radical (unpaired) electrons. The lowest BCUT2D eigenvalue weighted by Gasteiger charge is -2.15. The Morgan fingerprint density at radius 3 is 1.80 bits per heavy atom. The van der Waals surface area contributed by atoms with Crippen LogP contribution in [0, 0.1) is 11.6 Å². The van der Waals surface area contributed by atoms with Crippen molar-refractivity contribution in [3.63, 3.8) is 0 Å². The molecule has 0 aliphatic rings. The van der Waals surface area contributed by atoms with E-state index in [2.05, 4.69) is 0 Å². The van der Waals surface area contributed by atoms with Crippen LogP contribution >= 0.6 is 0 Å². The van der Waals surface area contributed by atoms with Crippen LogP contribution in [-0.4, -0.2) is 0 Å². The Morgan fingerprint density at radius 2 is 1.35 bits per heavy atom. The number of hydrogen-bond donors (Lipinski definition) is 1. The Hall–Kier alpha value is -1.95. The predicted octanol–water partition coefficient (Wildman–Crippen LogP) is 4.03. The third kappa shape index (κ3) is 2.80. The van der Waals surface area contributed by atoms with Crippen molar-refractivity contribution < 1.29 is 22.0 Å². The van der Waals surface area contributed by atoms with Gasteiger partial charge in [-0.05, 0) is 29.8 Å². The van der Waals surface area contributed by atoms with E-state index in [1.807, 2.05) is 0 Å². The second kappa shape index (κ2) is 5.20. The highest BCUT2D eigenvalue weighted by atomic mass is 19.4. The smallest absolute Gasteiger partial charge is 0.320 e. The first kappa shape index (κ1) is 14.5. The molecule has 2 N–H and O–H groups in total. The molecule has 0 saturated heterocycles. The molecule has 2 aromatic rings. The van der Waals surface area contributed by atoms with E-state index >= 15 is 0 Å². The Balaban J connectivity index is 2.37. The van der Waals surface area contributed by atoms with Gasteiger partial charge in [0.1, 0.15) is 11.6 Å². The van der Waals surface area contributed by atoms with Crippen molar-refractivity contribution in [2.75, 3.05) is 0 Å². The van der Waals surface area contributed by atoms with Gasteiger partial charge < -0.3 is 5.73 Å². The van der Waals surface area contributed by atoms with Crippen molar-refractivity contribution >= 4 is 0 Å². The molecule has 0 fully saturated rings. The molecule has 0 amide bonds. The first-order valence-corrected chi connectivity index (χ1v) is 5.67. The van der Waals surface area contributed by atoms with Crippen LogP contribution in [0.3, 0.4) is 0 Å². The summed E-state index contributed by atoms with van der Waals surface area (Å²) in [6.07, 6.45) is -4.47. The summed E-state index contributed by atoms with van der Waals surface area (Å²) >= 11 is 0. The molecule has 0 bridgehead atoms. The second-order valence-corrected chi connectivity index (χ2v) is 4.23. The average molecular weight is 287 g/mol. The van der Waals surface area contributed by atoms with Crippen molar-refractivity contribution in [2.45, 2.75) is 12.2 Å². The van der Waals surface area contributed by atoms with Gasteiger partial charge in [-0.1, -0.05) is 18.2 Å². The summed E-state index contributed by atoms with van der Waals surface area (Å²) in [5, 5.41) is 0. The molecule has 1 nitrogen and oxygen atoms in total. The number of hydrogen-bond acceptors (Lipinski definition) is 1. The highest BCUT2D eigenvalue weighted by Gasteiger charge is 2.30. The first-order chi connectivity index (χ1) is 9.30. The average Bonchev–Trinajstić information content (AvgIpc) is 2.37. The van der Waals surface area contributed by atoms with Crippen LogP contribution in [0.2, 0.25) is 0 Å². The van der Waals surface area contributed by atoms with E-state index < -0.39 is 29.4 Å². The number of rotatable bonds is 2. The maximum atomic E-state index is 13.6. The molecule has 6 heteroatoms. The van der Waals surface area contributed by atoms with Gasteiger partial charge in [0.15, 0.2) is 0 Å². The van der Waals surface area contributed by atoms with Gasteiger partial charge in [-0.25, -0.2) is 8.78 Å². The molecule has 1 atom stereocenters. The molecule has 0 spiro atoms. The van der Waals surface area contributed by atoms with Crippen LogP contribution < -0.4 is 5.73 Å².